The van der Waals surface area contributed by atoms with Crippen molar-refractivity contribution in [3.8, 4) is 0 Å². The Morgan fingerprint density at radius 2 is 2.04 bits per heavy atom. The molecule has 0 saturated heterocycles. The van der Waals surface area contributed by atoms with E-state index in [0.29, 0.717) is 6.54 Å². The van der Waals surface area contributed by atoms with E-state index >= 15 is 0 Å². The van der Waals surface area contributed by atoms with E-state index in [-0.39, 0.29) is 11.6 Å². The second-order valence-corrected chi connectivity index (χ2v) is 5.82. The molecule has 0 radical (unpaired) electrons. The molecule has 1 unspecified atom stereocenters. The summed E-state index contributed by atoms with van der Waals surface area (Å²) in [4.78, 5) is 27.6. The Balaban J connectivity index is 1.68. The molecule has 0 bridgehead atoms. The van der Waals surface area contributed by atoms with Gasteiger partial charge in [-0.05, 0) is 31.0 Å². The molecule has 134 valence electrons. The summed E-state index contributed by atoms with van der Waals surface area (Å²) in [5.74, 6) is -1.45. The lowest BCUT2D eigenvalue weighted by atomic mass is 10.1. The van der Waals surface area contributed by atoms with Crippen molar-refractivity contribution in [2.75, 3.05) is 5.32 Å². The number of carboxylic acids is 1. The second-order valence-electron chi connectivity index (χ2n) is 5.82. The van der Waals surface area contributed by atoms with Crippen LogP contribution < -0.4 is 5.32 Å². The normalized spacial score (nSPS) is 11.9. The summed E-state index contributed by atoms with van der Waals surface area (Å²) in [6.07, 6.45) is 2.87. The first-order chi connectivity index (χ1) is 12.5. The van der Waals surface area contributed by atoms with Gasteiger partial charge >= 0.3 is 5.97 Å². The summed E-state index contributed by atoms with van der Waals surface area (Å²) in [6.45, 7) is 4.10. The van der Waals surface area contributed by atoms with Gasteiger partial charge in [0.25, 0.3) is 5.91 Å². The fraction of sp³-hybridized carbons (Fsp3) is 0.235. The van der Waals surface area contributed by atoms with Crippen molar-refractivity contribution >= 4 is 17.8 Å². The Morgan fingerprint density at radius 1 is 1.27 bits per heavy atom. The minimum Gasteiger partial charge on any atom is -0.477 e. The topological polar surface area (TPSA) is 115 Å². The zero-order valence-corrected chi connectivity index (χ0v) is 14.3. The Bertz CT molecular complexity index is 945. The van der Waals surface area contributed by atoms with Crippen LogP contribution in [-0.2, 0) is 11.3 Å². The third kappa shape index (κ3) is 3.61. The number of carbonyl (C=O) groups is 2. The number of nitrogens with zero attached hydrogens (tertiary/aromatic N) is 5. The van der Waals surface area contributed by atoms with Crippen molar-refractivity contribution in [3.05, 3.63) is 59.7 Å². The van der Waals surface area contributed by atoms with Gasteiger partial charge in [-0.2, -0.15) is 5.10 Å². The van der Waals surface area contributed by atoms with Crippen LogP contribution in [0.5, 0.6) is 0 Å². The summed E-state index contributed by atoms with van der Waals surface area (Å²) < 4.78 is 2.77. The maximum Gasteiger partial charge on any atom is 0.354 e. The lowest BCUT2D eigenvalue weighted by molar-refractivity contribution is -0.119. The molecule has 1 atom stereocenters. The van der Waals surface area contributed by atoms with Gasteiger partial charge < -0.3 is 5.11 Å². The van der Waals surface area contributed by atoms with Crippen LogP contribution in [0.1, 0.15) is 34.6 Å². The van der Waals surface area contributed by atoms with E-state index in [1.54, 1.807) is 11.6 Å². The fourth-order valence-electron chi connectivity index (χ4n) is 2.51. The van der Waals surface area contributed by atoms with Crippen LogP contribution in [0.15, 0.2) is 42.9 Å². The first-order valence-electron chi connectivity index (χ1n) is 7.97. The van der Waals surface area contributed by atoms with Crippen LogP contribution in [0.2, 0.25) is 0 Å². The van der Waals surface area contributed by atoms with E-state index in [2.05, 4.69) is 20.5 Å². The first kappa shape index (κ1) is 17.3. The highest BCUT2D eigenvalue weighted by atomic mass is 16.4. The Labute approximate surface area is 149 Å². The van der Waals surface area contributed by atoms with Crippen LogP contribution in [0.25, 0.3) is 0 Å². The molecule has 1 amide bonds. The van der Waals surface area contributed by atoms with E-state index in [4.69, 9.17) is 5.11 Å². The SMILES string of the molecule is Cc1ccccc1Cn1cnc(NC(=O)C(C)n2nccc2C(=O)O)n1. The predicted octanol–water partition coefficient (Wildman–Crippen LogP) is 1.73. The molecule has 9 heteroatoms. The minimum absolute atomic E-state index is 0.0642. The summed E-state index contributed by atoms with van der Waals surface area (Å²) in [7, 11) is 0. The summed E-state index contributed by atoms with van der Waals surface area (Å²) in [5, 5.41) is 19.8. The molecule has 1 aromatic carbocycles. The molecule has 26 heavy (non-hydrogen) atoms. The third-order valence-electron chi connectivity index (χ3n) is 4.00. The quantitative estimate of drug-likeness (QED) is 0.696. The standard InChI is InChI=1S/C17H18N6O3/c1-11-5-3-4-6-13(11)9-22-10-18-17(21-22)20-15(24)12(2)23-14(16(25)26)7-8-19-23/h3-8,10,12H,9H2,1-2H3,(H,25,26)(H,20,21,24). The second kappa shape index (κ2) is 7.18. The van der Waals surface area contributed by atoms with Crippen LogP contribution in [0, 0.1) is 6.92 Å². The molecule has 0 aliphatic heterocycles. The molecule has 2 N–H and O–H groups in total. The predicted molar refractivity (Wildman–Crippen MR) is 92.8 cm³/mol. The van der Waals surface area contributed by atoms with Crippen molar-refractivity contribution in [3.63, 3.8) is 0 Å². The maximum atomic E-state index is 12.4. The van der Waals surface area contributed by atoms with Gasteiger partial charge in [-0.3, -0.25) is 10.1 Å². The molecule has 9 nitrogen and oxygen atoms in total. The monoisotopic (exact) mass is 354 g/mol. The number of aryl methyl sites for hydroxylation is 1. The van der Waals surface area contributed by atoms with Gasteiger partial charge in [0.15, 0.2) is 0 Å². The lowest BCUT2D eigenvalue weighted by Gasteiger charge is -2.12. The number of benzene rings is 1. The molecule has 3 rings (SSSR count). The largest absolute Gasteiger partial charge is 0.477 e. The zero-order valence-electron chi connectivity index (χ0n) is 14.3. The highest BCUT2D eigenvalue weighted by molar-refractivity contribution is 5.93. The van der Waals surface area contributed by atoms with Gasteiger partial charge in [0.1, 0.15) is 18.1 Å². The highest BCUT2D eigenvalue weighted by Crippen LogP contribution is 2.12. The van der Waals surface area contributed by atoms with E-state index < -0.39 is 17.9 Å². The Morgan fingerprint density at radius 3 is 2.77 bits per heavy atom. The van der Waals surface area contributed by atoms with Crippen LogP contribution in [0.3, 0.4) is 0 Å². The van der Waals surface area contributed by atoms with E-state index in [1.807, 2.05) is 31.2 Å². The molecule has 0 saturated carbocycles. The maximum absolute atomic E-state index is 12.4. The van der Waals surface area contributed by atoms with Crippen molar-refractivity contribution in [2.24, 2.45) is 0 Å². The average Bonchev–Trinajstić information content (AvgIpc) is 3.25. The van der Waals surface area contributed by atoms with E-state index in [1.165, 1.54) is 18.6 Å². The lowest BCUT2D eigenvalue weighted by Crippen LogP contribution is -2.27. The molecular formula is C17H18N6O3. The van der Waals surface area contributed by atoms with E-state index in [0.717, 1.165) is 15.8 Å². The van der Waals surface area contributed by atoms with Gasteiger partial charge in [-0.15, -0.1) is 5.10 Å². The van der Waals surface area contributed by atoms with E-state index in [9.17, 15) is 9.59 Å². The number of aromatic nitrogens is 5. The zero-order chi connectivity index (χ0) is 18.7. The third-order valence-corrected chi connectivity index (χ3v) is 4.00. The number of carboxylic acid groups (broad SMARTS) is 1. The van der Waals surface area contributed by atoms with Crippen molar-refractivity contribution in [1.29, 1.82) is 0 Å². The van der Waals surface area contributed by atoms with Gasteiger partial charge in [0.2, 0.25) is 5.95 Å². The first-order valence-corrected chi connectivity index (χ1v) is 7.97. The number of hydrogen-bond donors (Lipinski definition) is 2. The minimum atomic E-state index is -1.15. The molecule has 3 aromatic rings. The number of nitrogens with one attached hydrogen (secondary N) is 1. The molecule has 0 aliphatic rings. The smallest absolute Gasteiger partial charge is 0.354 e. The van der Waals surface area contributed by atoms with Gasteiger partial charge in [-0.25, -0.2) is 19.1 Å². The number of carbonyl (C=O) groups excluding carboxylic acids is 1. The molecule has 0 aliphatic carbocycles. The summed E-state index contributed by atoms with van der Waals surface area (Å²) in [5.41, 5.74) is 2.18. The molecule has 0 spiro atoms. The van der Waals surface area contributed by atoms with Crippen molar-refractivity contribution in [2.45, 2.75) is 26.4 Å². The Kier molecular flexibility index (Phi) is 4.78. The molecule has 0 fully saturated rings. The van der Waals surface area contributed by atoms with Crippen LogP contribution >= 0.6 is 0 Å². The van der Waals surface area contributed by atoms with Crippen LogP contribution in [-0.4, -0.2) is 41.5 Å². The molecule has 2 aromatic heterocycles. The van der Waals surface area contributed by atoms with Gasteiger partial charge in [0, 0.05) is 6.20 Å². The molecular weight excluding hydrogens is 336 g/mol. The molecule has 2 heterocycles. The van der Waals surface area contributed by atoms with Crippen LogP contribution in [0.4, 0.5) is 5.95 Å². The van der Waals surface area contributed by atoms with Crippen molar-refractivity contribution in [1.82, 2.24) is 24.5 Å². The number of rotatable bonds is 6. The highest BCUT2D eigenvalue weighted by Gasteiger charge is 2.22. The fourth-order valence-corrected chi connectivity index (χ4v) is 2.51. The number of amides is 1. The average molecular weight is 354 g/mol. The Hall–Kier alpha value is -3.49. The van der Waals surface area contributed by atoms with Crippen molar-refractivity contribution < 1.29 is 14.7 Å². The van der Waals surface area contributed by atoms with Gasteiger partial charge in [-0.1, -0.05) is 24.3 Å². The number of aromatic carboxylic acids is 1. The summed E-state index contributed by atoms with van der Waals surface area (Å²) >= 11 is 0. The number of hydrogen-bond acceptors (Lipinski definition) is 5. The van der Waals surface area contributed by atoms with Gasteiger partial charge in [0.05, 0.1) is 6.54 Å². The number of anilines is 1. The summed E-state index contributed by atoms with van der Waals surface area (Å²) in [6, 6.07) is 8.45.